The number of carbonyl (C=O) groups excluding carboxylic acids is 2. The molecule has 1 aliphatic carbocycles. The van der Waals surface area contributed by atoms with Gasteiger partial charge in [-0.05, 0) is 44.4 Å². The monoisotopic (exact) mass is 664 g/mol. The number of methoxy groups -OCH3 is 1. The molecule has 3 rings (SSSR count). The van der Waals surface area contributed by atoms with E-state index in [4.69, 9.17) is 26.1 Å². The van der Waals surface area contributed by atoms with Gasteiger partial charge in [-0.3, -0.25) is 9.59 Å². The molecule has 0 fully saturated rings. The van der Waals surface area contributed by atoms with E-state index < -0.39 is 48.6 Å². The lowest BCUT2D eigenvalue weighted by molar-refractivity contribution is -0.140. The minimum atomic E-state index is -4.57. The van der Waals surface area contributed by atoms with Crippen molar-refractivity contribution in [1.29, 1.82) is 0 Å². The third-order valence-electron chi connectivity index (χ3n) is 7.02. The molecule has 0 unspecified atom stereocenters. The number of Topliss-reactive ketones (excluding diaryl/α,β-unsaturated/α-hetero) is 1. The van der Waals surface area contributed by atoms with E-state index in [9.17, 15) is 37.8 Å². The highest BCUT2D eigenvalue weighted by Crippen LogP contribution is 2.34. The molecular weight excluding hydrogens is 629 g/mol. The Morgan fingerprint density at radius 2 is 1.96 bits per heavy atom. The first-order valence-electron chi connectivity index (χ1n) is 14.5. The van der Waals surface area contributed by atoms with Crippen LogP contribution in [0, 0.1) is 0 Å². The highest BCUT2D eigenvalue weighted by molar-refractivity contribution is 7.81. The predicted molar refractivity (Wildman–Crippen MR) is 168 cm³/mol. The number of phenols is 1. The molecule has 1 aromatic heterocycles. The van der Waals surface area contributed by atoms with Crippen molar-refractivity contribution in [3.05, 3.63) is 74.0 Å². The van der Waals surface area contributed by atoms with Gasteiger partial charge >= 0.3 is 18.3 Å². The molecule has 46 heavy (non-hydrogen) atoms. The van der Waals surface area contributed by atoms with E-state index in [0.29, 0.717) is 35.4 Å². The van der Waals surface area contributed by atoms with Crippen molar-refractivity contribution < 1.29 is 51.6 Å². The Bertz CT molecular complexity index is 1690. The normalized spacial score (nSPS) is 14.4. The van der Waals surface area contributed by atoms with E-state index in [-0.39, 0.29) is 46.3 Å². The van der Waals surface area contributed by atoms with Crippen LogP contribution in [0.15, 0.2) is 45.6 Å². The minimum Gasteiger partial charge on any atom is -0.507 e. The van der Waals surface area contributed by atoms with Gasteiger partial charge in [-0.15, -0.1) is 0 Å². The summed E-state index contributed by atoms with van der Waals surface area (Å²) < 4.78 is 60.2. The summed E-state index contributed by atoms with van der Waals surface area (Å²) in [6.45, 7) is 3.48. The topological polar surface area (TPSA) is 132 Å². The summed E-state index contributed by atoms with van der Waals surface area (Å²) in [4.78, 5) is 37.8. The fourth-order valence-corrected chi connectivity index (χ4v) is 4.97. The number of ether oxygens (including phenoxy) is 3. The molecule has 0 spiro atoms. The quantitative estimate of drug-likeness (QED) is 0.0896. The van der Waals surface area contributed by atoms with Gasteiger partial charge in [0, 0.05) is 29.2 Å². The summed E-state index contributed by atoms with van der Waals surface area (Å²) in [5.74, 6) is -1.94. The van der Waals surface area contributed by atoms with Crippen molar-refractivity contribution in [1.82, 2.24) is 0 Å². The van der Waals surface area contributed by atoms with Crippen molar-refractivity contribution in [3.8, 4) is 17.4 Å². The second-order valence-electron chi connectivity index (χ2n) is 10.4. The highest BCUT2D eigenvalue weighted by atomic mass is 32.1. The maximum absolute atomic E-state index is 13.6. The molecule has 2 aromatic rings. The molecule has 13 heteroatoms. The zero-order chi connectivity index (χ0) is 34.0. The lowest BCUT2D eigenvalue weighted by Crippen LogP contribution is -2.44. The van der Waals surface area contributed by atoms with Crippen molar-refractivity contribution >= 4 is 41.2 Å². The van der Waals surface area contributed by atoms with Crippen LogP contribution in [0.3, 0.4) is 0 Å². The molecule has 0 saturated carbocycles. The number of benzene rings is 1. The van der Waals surface area contributed by atoms with Gasteiger partial charge in [0.05, 0.1) is 36.2 Å². The maximum Gasteiger partial charge on any atom is 0.516 e. The van der Waals surface area contributed by atoms with Crippen molar-refractivity contribution in [2.24, 2.45) is 0 Å². The highest BCUT2D eigenvalue weighted by Gasteiger charge is 2.33. The van der Waals surface area contributed by atoms with Gasteiger partial charge in [0.1, 0.15) is 16.9 Å². The van der Waals surface area contributed by atoms with E-state index >= 15 is 0 Å². The molecule has 1 aromatic carbocycles. The Labute approximate surface area is 268 Å². The molecule has 0 aliphatic heterocycles. The van der Waals surface area contributed by atoms with Crippen LogP contribution < -0.4 is 25.5 Å². The van der Waals surface area contributed by atoms with Gasteiger partial charge in [0.2, 0.25) is 0 Å². The Kier molecular flexibility index (Phi) is 12.9. The average molecular weight is 665 g/mol. The number of fused-ring (bicyclic) bond motifs is 1. The first kappa shape index (κ1) is 36.2. The number of aliphatic hydroxyl groups is 1. The Hall–Kier alpha value is -4.23. The molecule has 0 saturated heterocycles. The SMILES string of the molecule is CCCc1c(OCC/C=C\C=C\[C@H](c2c(OC(=O)OC)oc3c(c2=O)=CCC(=S)C=3)[C@@H](O)CCC(F)(F)F)ccc(C(C)=O)c1O. The number of rotatable bonds is 14. The third kappa shape index (κ3) is 9.63. The van der Waals surface area contributed by atoms with Crippen molar-refractivity contribution in [2.75, 3.05) is 13.7 Å². The molecule has 248 valence electrons. The largest absolute Gasteiger partial charge is 0.516 e. The van der Waals surface area contributed by atoms with Gasteiger partial charge in [0.25, 0.3) is 0 Å². The molecule has 2 atom stereocenters. The fourth-order valence-electron chi connectivity index (χ4n) is 4.78. The van der Waals surface area contributed by atoms with Crippen molar-refractivity contribution in [3.63, 3.8) is 0 Å². The Morgan fingerprint density at radius 3 is 2.61 bits per heavy atom. The summed E-state index contributed by atoms with van der Waals surface area (Å²) in [6, 6.07) is 3.12. The zero-order valence-corrected chi connectivity index (χ0v) is 26.3. The fraction of sp³-hybridized carbons (Fsp3) is 0.394. The molecule has 9 nitrogen and oxygen atoms in total. The second kappa shape index (κ2) is 16.4. The molecular formula is C33H35F3O9S. The number of carbonyl (C=O) groups is 2. The number of allylic oxidation sites excluding steroid dienone is 2. The number of thiocarbonyl (C=S) groups is 1. The minimum absolute atomic E-state index is 0.00246. The van der Waals surface area contributed by atoms with E-state index in [1.165, 1.54) is 37.3 Å². The number of hydrogen-bond donors (Lipinski definition) is 2. The van der Waals surface area contributed by atoms with E-state index in [1.807, 2.05) is 6.92 Å². The zero-order valence-electron chi connectivity index (χ0n) is 25.5. The molecule has 0 amide bonds. The van der Waals surface area contributed by atoms with E-state index in [1.54, 1.807) is 18.2 Å². The first-order valence-corrected chi connectivity index (χ1v) is 14.9. The number of ketones is 1. The van der Waals surface area contributed by atoms with Gasteiger partial charge in [-0.1, -0.05) is 55.9 Å². The molecule has 2 N–H and O–H groups in total. The second-order valence-corrected chi connectivity index (χ2v) is 11.0. The van der Waals surface area contributed by atoms with Crippen LogP contribution in [0.25, 0.3) is 12.2 Å². The van der Waals surface area contributed by atoms with Gasteiger partial charge in [0.15, 0.2) is 11.2 Å². The summed E-state index contributed by atoms with van der Waals surface area (Å²) in [5.41, 5.74) is -0.330. The number of alkyl halides is 3. The summed E-state index contributed by atoms with van der Waals surface area (Å²) in [7, 11) is 1.02. The van der Waals surface area contributed by atoms with Gasteiger partial charge < -0.3 is 28.8 Å². The van der Waals surface area contributed by atoms with Crippen LogP contribution in [-0.4, -0.2) is 53.0 Å². The molecule has 0 radical (unpaired) electrons. The summed E-state index contributed by atoms with van der Waals surface area (Å²) in [6.07, 6.45) is 1.10. The molecule has 1 aliphatic rings. The van der Waals surface area contributed by atoms with Crippen molar-refractivity contribution in [2.45, 2.75) is 70.6 Å². The van der Waals surface area contributed by atoms with Crippen LogP contribution in [-0.2, 0) is 11.2 Å². The summed E-state index contributed by atoms with van der Waals surface area (Å²) in [5, 5.41) is 21.5. The molecule has 1 heterocycles. The third-order valence-corrected chi connectivity index (χ3v) is 7.30. The van der Waals surface area contributed by atoms with Crippen LogP contribution in [0.1, 0.15) is 73.4 Å². The predicted octanol–water partition coefficient (Wildman–Crippen LogP) is 5.35. The number of aliphatic hydroxyl groups excluding tert-OH is 1. The van der Waals surface area contributed by atoms with E-state index in [0.717, 1.165) is 7.11 Å². The average Bonchev–Trinajstić information content (AvgIpc) is 2.99. The van der Waals surface area contributed by atoms with Crippen LogP contribution >= 0.6 is 12.2 Å². The lowest BCUT2D eigenvalue weighted by atomic mass is 9.90. The number of hydrogen-bond acceptors (Lipinski definition) is 10. The maximum atomic E-state index is 13.6. The van der Waals surface area contributed by atoms with Gasteiger partial charge in [-0.2, -0.15) is 13.2 Å². The van der Waals surface area contributed by atoms with Crippen LogP contribution in [0.4, 0.5) is 18.0 Å². The lowest BCUT2D eigenvalue weighted by Gasteiger charge is -2.21. The first-order chi connectivity index (χ1) is 21.8. The standard InChI is InChI=1S/C33H35F3O9S/c1-4-9-23-26(14-13-21(19(2)37)29(23)39)43-17-8-6-5-7-10-22(25(38)15-16-33(34,35)36)28-30(40)24-12-11-20(46)18-27(24)44-31(28)45-32(41)42-3/h5-7,10,12-14,18,22,25,38-39H,4,8-9,11,15-17H2,1-3H3/b6-5-,10-7+/t22-,25-/m0/s1. The number of halogens is 3. The summed E-state index contributed by atoms with van der Waals surface area (Å²) >= 11 is 5.16. The van der Waals surface area contributed by atoms with E-state index in [2.05, 4.69) is 4.74 Å². The Balaban J connectivity index is 1.89. The number of phenolic OH excluding ortho intramolecular Hbond substituents is 1. The smallest absolute Gasteiger partial charge is 0.507 e. The Morgan fingerprint density at radius 1 is 1.22 bits per heavy atom. The van der Waals surface area contributed by atoms with Gasteiger partial charge in [-0.25, -0.2) is 4.79 Å². The van der Waals surface area contributed by atoms with Crippen LogP contribution in [0.2, 0.25) is 0 Å². The van der Waals surface area contributed by atoms with Crippen LogP contribution in [0.5, 0.6) is 17.4 Å². The molecule has 0 bridgehead atoms. The number of aromatic hydroxyl groups is 1.